The van der Waals surface area contributed by atoms with Crippen molar-refractivity contribution >= 4 is 36.8 Å². The van der Waals surface area contributed by atoms with E-state index >= 15 is 0 Å². The van der Waals surface area contributed by atoms with E-state index in [0.717, 1.165) is 44.3 Å². The van der Waals surface area contributed by atoms with Gasteiger partial charge in [-0.05, 0) is 50.3 Å². The number of rotatable bonds is 3. The Bertz CT molecular complexity index is 669. The highest BCUT2D eigenvalue weighted by molar-refractivity contribution is 5.98. The molecule has 0 saturated carbocycles. The van der Waals surface area contributed by atoms with Gasteiger partial charge in [-0.15, -0.1) is 24.8 Å². The van der Waals surface area contributed by atoms with Gasteiger partial charge in [0.1, 0.15) is 0 Å². The third-order valence-electron chi connectivity index (χ3n) is 6.22. The van der Waals surface area contributed by atoms with Crippen LogP contribution in [0, 0.1) is 11.8 Å². The second kappa shape index (κ2) is 9.92. The molecule has 3 aliphatic rings. The summed E-state index contributed by atoms with van der Waals surface area (Å²) in [6, 6.07) is 10.2. The van der Waals surface area contributed by atoms with Gasteiger partial charge in [-0.25, -0.2) is 4.79 Å². The summed E-state index contributed by atoms with van der Waals surface area (Å²) >= 11 is 0. The zero-order chi connectivity index (χ0) is 18.1. The maximum absolute atomic E-state index is 12.9. The fourth-order valence-corrected chi connectivity index (χ4v) is 4.72. The van der Waals surface area contributed by atoms with E-state index in [-0.39, 0.29) is 48.8 Å². The molecule has 3 saturated heterocycles. The van der Waals surface area contributed by atoms with Crippen molar-refractivity contribution in [3.63, 3.8) is 0 Å². The summed E-state index contributed by atoms with van der Waals surface area (Å²) in [6.07, 6.45) is 4.00. The lowest BCUT2D eigenvalue weighted by Gasteiger charge is -2.49. The molecule has 6 nitrogen and oxygen atoms in total. The number of fused-ring (bicyclic) bond motifs is 1. The van der Waals surface area contributed by atoms with E-state index in [2.05, 4.69) is 10.6 Å². The molecule has 2 N–H and O–H groups in total. The molecule has 1 aromatic carbocycles. The summed E-state index contributed by atoms with van der Waals surface area (Å²) in [6.45, 7) is 2.65. The van der Waals surface area contributed by atoms with Gasteiger partial charge < -0.3 is 10.2 Å². The number of imide groups is 1. The smallest absolute Gasteiger partial charge is 0.317 e. The van der Waals surface area contributed by atoms with Crippen LogP contribution in [0.4, 0.5) is 4.79 Å². The standard InChI is InChI=1S/C20H28N4O2.2ClH/c1-23-19(25)16-7-8-17(15-9-11-21-12-10-15)22-18(16)24(20(23)26)13-14-5-3-2-4-6-14;;/h2-6,15-18,21-22H,7-13H2,1H3;2*1H. The Morgan fingerprint density at radius 1 is 1.00 bits per heavy atom. The molecule has 0 radical (unpaired) electrons. The average molecular weight is 429 g/mol. The molecule has 0 bridgehead atoms. The van der Waals surface area contributed by atoms with Gasteiger partial charge in [0, 0.05) is 19.6 Å². The van der Waals surface area contributed by atoms with Gasteiger partial charge in [-0.3, -0.25) is 15.0 Å². The minimum Gasteiger partial charge on any atom is -0.317 e. The van der Waals surface area contributed by atoms with E-state index in [4.69, 9.17) is 0 Å². The second-order valence-electron chi connectivity index (χ2n) is 7.78. The fraction of sp³-hybridized carbons (Fsp3) is 0.600. The lowest BCUT2D eigenvalue weighted by atomic mass is 9.80. The first kappa shape index (κ1) is 22.9. The van der Waals surface area contributed by atoms with Crippen LogP contribution in [0.2, 0.25) is 0 Å². The molecule has 4 rings (SSSR count). The summed E-state index contributed by atoms with van der Waals surface area (Å²) < 4.78 is 0. The molecule has 156 valence electrons. The highest BCUT2D eigenvalue weighted by Crippen LogP contribution is 2.33. The number of nitrogens with zero attached hydrogens (tertiary/aromatic N) is 2. The Labute approximate surface area is 179 Å². The van der Waals surface area contributed by atoms with Gasteiger partial charge in [-0.1, -0.05) is 30.3 Å². The first-order valence-electron chi connectivity index (χ1n) is 9.74. The highest BCUT2D eigenvalue weighted by Gasteiger charge is 2.48. The van der Waals surface area contributed by atoms with Crippen molar-refractivity contribution in [2.45, 2.75) is 44.4 Å². The molecule has 3 atom stereocenters. The van der Waals surface area contributed by atoms with Crippen molar-refractivity contribution in [1.82, 2.24) is 20.4 Å². The molecule has 3 aliphatic heterocycles. The lowest BCUT2D eigenvalue weighted by molar-refractivity contribution is -0.141. The Morgan fingerprint density at radius 3 is 2.36 bits per heavy atom. The number of hydrogen-bond donors (Lipinski definition) is 2. The maximum atomic E-state index is 12.9. The summed E-state index contributed by atoms with van der Waals surface area (Å²) in [7, 11) is 1.61. The first-order valence-corrected chi connectivity index (χ1v) is 9.74. The van der Waals surface area contributed by atoms with Gasteiger partial charge in [-0.2, -0.15) is 0 Å². The van der Waals surface area contributed by atoms with E-state index < -0.39 is 0 Å². The maximum Gasteiger partial charge on any atom is 0.328 e. The Morgan fingerprint density at radius 2 is 1.68 bits per heavy atom. The van der Waals surface area contributed by atoms with Crippen molar-refractivity contribution in [3.8, 4) is 0 Å². The van der Waals surface area contributed by atoms with Crippen molar-refractivity contribution in [1.29, 1.82) is 0 Å². The number of hydrogen-bond acceptors (Lipinski definition) is 4. The molecule has 8 heteroatoms. The van der Waals surface area contributed by atoms with Crippen LogP contribution in [-0.4, -0.2) is 54.1 Å². The predicted octanol–water partition coefficient (Wildman–Crippen LogP) is 2.62. The summed E-state index contributed by atoms with van der Waals surface area (Å²) in [5.74, 6) is 0.445. The second-order valence-corrected chi connectivity index (χ2v) is 7.78. The number of halogens is 2. The molecular formula is C20H30Cl2N4O2. The molecule has 28 heavy (non-hydrogen) atoms. The van der Waals surface area contributed by atoms with E-state index in [0.29, 0.717) is 18.5 Å². The number of carbonyl (C=O) groups is 2. The van der Waals surface area contributed by atoms with Crippen LogP contribution in [0.1, 0.15) is 31.2 Å². The summed E-state index contributed by atoms with van der Waals surface area (Å²) in [4.78, 5) is 28.7. The van der Waals surface area contributed by atoms with Gasteiger partial charge in [0.05, 0.1) is 12.1 Å². The first-order chi connectivity index (χ1) is 12.6. The topological polar surface area (TPSA) is 64.7 Å². The summed E-state index contributed by atoms with van der Waals surface area (Å²) in [5, 5.41) is 7.13. The van der Waals surface area contributed by atoms with Crippen LogP contribution >= 0.6 is 24.8 Å². The lowest BCUT2D eigenvalue weighted by Crippen LogP contribution is -2.68. The van der Waals surface area contributed by atoms with Crippen molar-refractivity contribution < 1.29 is 9.59 Å². The number of urea groups is 1. The Kier molecular flexibility index (Phi) is 8.13. The number of nitrogens with one attached hydrogen (secondary N) is 2. The average Bonchev–Trinajstić information content (AvgIpc) is 2.70. The molecule has 3 unspecified atom stereocenters. The molecule has 0 aliphatic carbocycles. The monoisotopic (exact) mass is 428 g/mol. The number of amides is 3. The van der Waals surface area contributed by atoms with Gasteiger partial charge in [0.2, 0.25) is 5.91 Å². The SMILES string of the molecule is CN1C(=O)C2CCC(C3CCNCC3)NC2N(Cc2ccccc2)C1=O.Cl.Cl. The van der Waals surface area contributed by atoms with Crippen molar-refractivity contribution in [2.24, 2.45) is 11.8 Å². The largest absolute Gasteiger partial charge is 0.328 e. The fourth-order valence-electron chi connectivity index (χ4n) is 4.72. The van der Waals surface area contributed by atoms with Gasteiger partial charge in [0.15, 0.2) is 0 Å². The molecule has 3 fully saturated rings. The van der Waals surface area contributed by atoms with E-state index in [9.17, 15) is 9.59 Å². The number of benzene rings is 1. The van der Waals surface area contributed by atoms with Crippen LogP contribution < -0.4 is 10.6 Å². The minimum absolute atomic E-state index is 0. The van der Waals surface area contributed by atoms with E-state index in [1.807, 2.05) is 35.2 Å². The third-order valence-corrected chi connectivity index (χ3v) is 6.22. The Balaban J connectivity index is 0.00000140. The van der Waals surface area contributed by atoms with E-state index in [1.165, 1.54) is 4.90 Å². The molecular weight excluding hydrogens is 399 g/mol. The van der Waals surface area contributed by atoms with Crippen molar-refractivity contribution in [2.75, 3.05) is 20.1 Å². The molecule has 1 aromatic rings. The van der Waals surface area contributed by atoms with Crippen LogP contribution in [0.25, 0.3) is 0 Å². The Hall–Kier alpha value is -1.34. The quantitative estimate of drug-likeness (QED) is 0.776. The molecule has 0 aromatic heterocycles. The van der Waals surface area contributed by atoms with Gasteiger partial charge in [0.25, 0.3) is 0 Å². The van der Waals surface area contributed by atoms with Crippen molar-refractivity contribution in [3.05, 3.63) is 35.9 Å². The van der Waals surface area contributed by atoms with Crippen LogP contribution in [0.3, 0.4) is 0 Å². The molecule has 3 amide bonds. The predicted molar refractivity (Wildman–Crippen MR) is 114 cm³/mol. The third kappa shape index (κ3) is 4.46. The zero-order valence-electron chi connectivity index (χ0n) is 16.2. The molecule has 3 heterocycles. The highest BCUT2D eigenvalue weighted by atomic mass is 35.5. The summed E-state index contributed by atoms with van der Waals surface area (Å²) in [5.41, 5.74) is 1.09. The molecule has 0 spiro atoms. The number of piperidine rings is 2. The zero-order valence-corrected chi connectivity index (χ0v) is 17.8. The van der Waals surface area contributed by atoms with Crippen LogP contribution in [0.15, 0.2) is 30.3 Å². The van der Waals surface area contributed by atoms with E-state index in [1.54, 1.807) is 7.05 Å². The normalized spacial score (nSPS) is 28.2. The van der Waals surface area contributed by atoms with Crippen LogP contribution in [-0.2, 0) is 11.3 Å². The number of carbonyl (C=O) groups excluding carboxylic acids is 2. The van der Waals surface area contributed by atoms with Gasteiger partial charge >= 0.3 is 6.03 Å². The van der Waals surface area contributed by atoms with Crippen LogP contribution in [0.5, 0.6) is 0 Å². The minimum atomic E-state index is -0.196.